The summed E-state index contributed by atoms with van der Waals surface area (Å²) in [7, 11) is 0. The lowest BCUT2D eigenvalue weighted by atomic mass is 9.67. The quantitative estimate of drug-likeness (QED) is 0.680. The van der Waals surface area contributed by atoms with E-state index in [9.17, 15) is 0 Å². The molecule has 0 bridgehead atoms. The average Bonchev–Trinajstić information content (AvgIpc) is 2.28. The fourth-order valence-electron chi connectivity index (χ4n) is 3.68. The molecule has 1 spiro atoms. The minimum Gasteiger partial charge on any atom is -0.375 e. The van der Waals surface area contributed by atoms with Crippen molar-refractivity contribution in [3.63, 3.8) is 0 Å². The summed E-state index contributed by atoms with van der Waals surface area (Å²) in [4.78, 5) is 0.619. The topological polar surface area (TPSA) is 9.23 Å². The lowest BCUT2D eigenvalue weighted by molar-refractivity contribution is -0.121. The molecule has 2 fully saturated rings. The molecule has 1 nitrogen and oxygen atoms in total. The molecule has 2 rings (SSSR count). The lowest BCUT2D eigenvalue weighted by Crippen LogP contribution is -2.46. The predicted molar refractivity (Wildman–Crippen MR) is 84.8 cm³/mol. The van der Waals surface area contributed by atoms with E-state index in [2.05, 4.69) is 48.5 Å². The lowest BCUT2D eigenvalue weighted by Gasteiger charge is -2.48. The smallest absolute Gasteiger partial charge is 0.0701 e. The number of hydrogen-bond donors (Lipinski definition) is 0. The molecule has 2 atom stereocenters. The van der Waals surface area contributed by atoms with E-state index in [-0.39, 0.29) is 5.60 Å². The van der Waals surface area contributed by atoms with Crippen molar-refractivity contribution in [2.75, 3.05) is 18.1 Å². The second kappa shape index (κ2) is 6.05. The molecule has 0 aromatic rings. The van der Waals surface area contributed by atoms with E-state index in [1.54, 1.807) is 0 Å². The van der Waals surface area contributed by atoms with Gasteiger partial charge in [0.1, 0.15) is 0 Å². The minimum absolute atomic E-state index is 0.237. The van der Waals surface area contributed by atoms with Gasteiger partial charge < -0.3 is 4.74 Å². The van der Waals surface area contributed by atoms with E-state index in [1.165, 1.54) is 43.6 Å². The zero-order valence-corrected chi connectivity index (χ0v) is 14.4. The van der Waals surface area contributed by atoms with Crippen molar-refractivity contribution in [2.45, 2.75) is 63.3 Å². The SMILES string of the molecule is CC(Br)CC(C)(C)C1CCOC2(CCSCC2)C1. The van der Waals surface area contributed by atoms with Crippen molar-refractivity contribution in [1.29, 1.82) is 0 Å². The average molecular weight is 335 g/mol. The van der Waals surface area contributed by atoms with Crippen LogP contribution >= 0.6 is 27.7 Å². The maximum atomic E-state index is 6.21. The third kappa shape index (κ3) is 3.67. The molecule has 3 heteroatoms. The van der Waals surface area contributed by atoms with E-state index in [4.69, 9.17) is 4.74 Å². The van der Waals surface area contributed by atoms with E-state index in [0.29, 0.717) is 10.2 Å². The summed E-state index contributed by atoms with van der Waals surface area (Å²) in [5.41, 5.74) is 0.672. The van der Waals surface area contributed by atoms with Gasteiger partial charge in [0.05, 0.1) is 5.60 Å². The van der Waals surface area contributed by atoms with E-state index in [1.807, 2.05) is 0 Å². The monoisotopic (exact) mass is 334 g/mol. The first-order chi connectivity index (χ1) is 8.44. The Kier molecular flexibility index (Phi) is 5.10. The molecule has 2 heterocycles. The summed E-state index contributed by atoms with van der Waals surface area (Å²) in [5, 5.41) is 0. The molecule has 0 aromatic carbocycles. The molecule has 2 unspecified atom stereocenters. The molecule has 0 amide bonds. The van der Waals surface area contributed by atoms with Crippen LogP contribution in [0.15, 0.2) is 0 Å². The Labute approximate surface area is 125 Å². The van der Waals surface area contributed by atoms with Crippen molar-refractivity contribution < 1.29 is 4.74 Å². The van der Waals surface area contributed by atoms with Crippen LogP contribution in [0, 0.1) is 11.3 Å². The zero-order valence-electron chi connectivity index (χ0n) is 12.0. The van der Waals surface area contributed by atoms with Crippen LogP contribution in [0.4, 0.5) is 0 Å². The Morgan fingerprint density at radius 1 is 1.39 bits per heavy atom. The maximum Gasteiger partial charge on any atom is 0.0701 e. The van der Waals surface area contributed by atoms with Crippen LogP contribution in [0.5, 0.6) is 0 Å². The molecule has 2 aliphatic heterocycles. The van der Waals surface area contributed by atoms with Gasteiger partial charge in [0.15, 0.2) is 0 Å². The van der Waals surface area contributed by atoms with Gasteiger partial charge in [0.25, 0.3) is 0 Å². The standard InChI is InChI=1S/C15H27BrOS/c1-12(16)10-14(2,3)13-4-7-17-15(11-13)5-8-18-9-6-15/h12-13H,4-11H2,1-3H3. The number of alkyl halides is 1. The fourth-order valence-corrected chi connectivity index (χ4v) is 5.75. The maximum absolute atomic E-state index is 6.21. The Morgan fingerprint density at radius 3 is 2.67 bits per heavy atom. The highest BCUT2D eigenvalue weighted by Crippen LogP contribution is 2.47. The van der Waals surface area contributed by atoms with Crippen molar-refractivity contribution >= 4 is 27.7 Å². The minimum atomic E-state index is 0.237. The first-order valence-corrected chi connectivity index (χ1v) is 9.36. The summed E-state index contributed by atoms with van der Waals surface area (Å²) in [6.45, 7) is 8.15. The second-order valence-electron chi connectivity index (χ2n) is 6.81. The van der Waals surface area contributed by atoms with Gasteiger partial charge in [-0.25, -0.2) is 0 Å². The third-order valence-electron chi connectivity index (χ3n) is 4.81. The Bertz CT molecular complexity index is 266. The molecule has 106 valence electrons. The van der Waals surface area contributed by atoms with Crippen molar-refractivity contribution in [3.05, 3.63) is 0 Å². The van der Waals surface area contributed by atoms with Crippen LogP contribution in [0.2, 0.25) is 0 Å². The van der Waals surface area contributed by atoms with E-state index in [0.717, 1.165) is 12.5 Å². The number of thioether (sulfide) groups is 1. The summed E-state index contributed by atoms with van der Waals surface area (Å²) >= 11 is 5.82. The van der Waals surface area contributed by atoms with Crippen LogP contribution in [-0.2, 0) is 4.74 Å². The highest BCUT2D eigenvalue weighted by Gasteiger charge is 2.43. The molecule has 0 saturated carbocycles. The highest BCUT2D eigenvalue weighted by molar-refractivity contribution is 9.09. The summed E-state index contributed by atoms with van der Waals surface area (Å²) < 4.78 is 6.21. The number of halogens is 1. The van der Waals surface area contributed by atoms with Gasteiger partial charge in [0, 0.05) is 11.4 Å². The highest BCUT2D eigenvalue weighted by atomic mass is 79.9. The van der Waals surface area contributed by atoms with Gasteiger partial charge in [-0.15, -0.1) is 0 Å². The second-order valence-corrected chi connectivity index (χ2v) is 9.59. The van der Waals surface area contributed by atoms with Gasteiger partial charge in [0.2, 0.25) is 0 Å². The molecule has 0 radical (unpaired) electrons. The van der Waals surface area contributed by atoms with Crippen LogP contribution < -0.4 is 0 Å². The van der Waals surface area contributed by atoms with Gasteiger partial charge in [-0.3, -0.25) is 0 Å². The van der Waals surface area contributed by atoms with Crippen molar-refractivity contribution in [2.24, 2.45) is 11.3 Å². The van der Waals surface area contributed by atoms with E-state index >= 15 is 0 Å². The largest absolute Gasteiger partial charge is 0.375 e. The van der Waals surface area contributed by atoms with Crippen LogP contribution in [-0.4, -0.2) is 28.5 Å². The molecule has 0 aromatic heterocycles. The summed E-state index contributed by atoms with van der Waals surface area (Å²) in [6.07, 6.45) is 6.35. The van der Waals surface area contributed by atoms with Gasteiger partial charge in [-0.05, 0) is 54.9 Å². The first-order valence-electron chi connectivity index (χ1n) is 7.29. The molecular weight excluding hydrogens is 308 g/mol. The Hall–Kier alpha value is 0.790. The molecule has 2 aliphatic rings. The number of hydrogen-bond acceptors (Lipinski definition) is 2. The molecule has 2 saturated heterocycles. The van der Waals surface area contributed by atoms with Crippen molar-refractivity contribution in [1.82, 2.24) is 0 Å². The van der Waals surface area contributed by atoms with Gasteiger partial charge in [-0.1, -0.05) is 36.7 Å². The summed E-state index contributed by atoms with van der Waals surface area (Å²) in [5.74, 6) is 3.42. The third-order valence-corrected chi connectivity index (χ3v) is 6.12. The summed E-state index contributed by atoms with van der Waals surface area (Å²) in [6, 6.07) is 0. The number of ether oxygens (including phenoxy) is 1. The predicted octanol–water partition coefficient (Wildman–Crippen LogP) is 4.88. The van der Waals surface area contributed by atoms with Crippen LogP contribution in [0.3, 0.4) is 0 Å². The Balaban J connectivity index is 2.01. The molecule has 0 aliphatic carbocycles. The number of rotatable bonds is 3. The molecule has 18 heavy (non-hydrogen) atoms. The molecule has 0 N–H and O–H groups in total. The van der Waals surface area contributed by atoms with Gasteiger partial charge in [-0.2, -0.15) is 11.8 Å². The van der Waals surface area contributed by atoms with Crippen LogP contribution in [0.1, 0.15) is 52.9 Å². The van der Waals surface area contributed by atoms with Crippen molar-refractivity contribution in [3.8, 4) is 0 Å². The first kappa shape index (κ1) is 15.2. The van der Waals surface area contributed by atoms with E-state index < -0.39 is 0 Å². The Morgan fingerprint density at radius 2 is 2.06 bits per heavy atom. The molecular formula is C15H27BrOS. The van der Waals surface area contributed by atoms with Gasteiger partial charge >= 0.3 is 0 Å². The fraction of sp³-hybridized carbons (Fsp3) is 1.00. The van der Waals surface area contributed by atoms with Crippen LogP contribution in [0.25, 0.3) is 0 Å². The zero-order chi connectivity index (χ0) is 13.2. The normalized spacial score (nSPS) is 30.3.